The van der Waals surface area contributed by atoms with Gasteiger partial charge in [-0.05, 0) is 48.8 Å². The van der Waals surface area contributed by atoms with Gasteiger partial charge in [-0.2, -0.15) is 5.10 Å². The van der Waals surface area contributed by atoms with Crippen molar-refractivity contribution in [3.05, 3.63) is 41.1 Å². The van der Waals surface area contributed by atoms with Gasteiger partial charge >= 0.3 is 23.9 Å². The molecule has 0 bridgehead atoms. The predicted octanol–water partition coefficient (Wildman–Crippen LogP) is 4.67. The van der Waals surface area contributed by atoms with Crippen LogP contribution < -0.4 is 18.9 Å². The van der Waals surface area contributed by atoms with Gasteiger partial charge in [-0.1, -0.05) is 25.7 Å². The smallest absolute Gasteiger partial charge is 0.303 e. The van der Waals surface area contributed by atoms with Gasteiger partial charge in [0.15, 0.2) is 44.4 Å². The van der Waals surface area contributed by atoms with Gasteiger partial charge in [0.05, 0.1) is 39.5 Å². The van der Waals surface area contributed by atoms with Gasteiger partial charge in [0.25, 0.3) is 0 Å². The molecule has 1 aliphatic heterocycles. The number of esters is 4. The molecule has 2 unspecified atom stereocenters. The number of nitrogens with zero attached hydrogens (tertiary/aromatic N) is 2. The maximum atomic E-state index is 14.7. The molecule has 1 aromatic heterocycles. The van der Waals surface area contributed by atoms with Crippen LogP contribution in [0.3, 0.4) is 0 Å². The summed E-state index contributed by atoms with van der Waals surface area (Å²) < 4.78 is 52.4. The molecule has 59 heavy (non-hydrogen) atoms. The average Bonchev–Trinajstić information content (AvgIpc) is 3.54. The molecule has 1 N–H and O–H groups in total. The van der Waals surface area contributed by atoms with Crippen molar-refractivity contribution in [1.29, 1.82) is 0 Å². The fraction of sp³-hybridized carbons (Fsp3) is 0.512. The lowest BCUT2D eigenvalue weighted by Crippen LogP contribution is -2.60. The van der Waals surface area contributed by atoms with E-state index in [1.807, 2.05) is 26.9 Å². The van der Waals surface area contributed by atoms with Crippen LogP contribution in [-0.2, 0) is 42.9 Å². The molecule has 0 saturated carbocycles. The monoisotopic (exact) mass is 840 g/mol. The Morgan fingerprint density at radius 3 is 1.88 bits per heavy atom. The topological polar surface area (TPSA) is 206 Å². The van der Waals surface area contributed by atoms with Crippen LogP contribution in [0.15, 0.2) is 24.3 Å². The highest BCUT2D eigenvalue weighted by atomic mass is 28.4. The van der Waals surface area contributed by atoms with E-state index in [-0.39, 0.29) is 55.8 Å². The van der Waals surface area contributed by atoms with Gasteiger partial charge in [-0.25, -0.2) is 4.68 Å². The summed E-state index contributed by atoms with van der Waals surface area (Å²) in [4.78, 5) is 75.5. The van der Waals surface area contributed by atoms with E-state index in [4.69, 9.17) is 47.7 Å². The Morgan fingerprint density at radius 2 is 1.37 bits per heavy atom. The number of ether oxygens (including phenoxy) is 9. The van der Waals surface area contributed by atoms with Crippen molar-refractivity contribution in [2.45, 2.75) is 103 Å². The third-order valence-corrected chi connectivity index (χ3v) is 13.7. The summed E-state index contributed by atoms with van der Waals surface area (Å²) in [6, 6.07) is 6.13. The molecule has 5 atom stereocenters. The first-order valence-electron chi connectivity index (χ1n) is 18.6. The molecule has 2 aromatic carbocycles. The number of ketones is 1. The predicted molar refractivity (Wildman–Crippen MR) is 213 cm³/mol. The largest absolute Gasteiger partial charge is 0.495 e. The lowest BCUT2D eigenvalue weighted by atomic mass is 9.96. The lowest BCUT2D eigenvalue weighted by molar-refractivity contribution is -0.269. The van der Waals surface area contributed by atoms with Crippen molar-refractivity contribution in [2.24, 2.45) is 0 Å². The first-order chi connectivity index (χ1) is 27.7. The minimum atomic E-state index is -2.57. The van der Waals surface area contributed by atoms with Crippen LogP contribution in [0, 0.1) is 11.8 Å². The van der Waals surface area contributed by atoms with Gasteiger partial charge in [0.2, 0.25) is 11.5 Å². The third kappa shape index (κ3) is 10.3. The molecule has 1 saturated heterocycles. The Hall–Kier alpha value is -5.64. The Balaban J connectivity index is 2.10. The van der Waals surface area contributed by atoms with E-state index in [1.54, 1.807) is 12.1 Å². The Morgan fingerprint density at radius 1 is 0.814 bits per heavy atom. The van der Waals surface area contributed by atoms with Crippen molar-refractivity contribution in [1.82, 2.24) is 9.78 Å². The van der Waals surface area contributed by atoms with Gasteiger partial charge in [0.1, 0.15) is 24.2 Å². The molecule has 4 rings (SSSR count). The number of hydrogen-bond donors (Lipinski definition) is 1. The van der Waals surface area contributed by atoms with Crippen LogP contribution in [0.1, 0.15) is 82.2 Å². The first-order valence-corrected chi connectivity index (χ1v) is 21.6. The van der Waals surface area contributed by atoms with E-state index in [2.05, 4.69) is 11.8 Å². The second kappa shape index (κ2) is 19.0. The van der Waals surface area contributed by atoms with Crippen molar-refractivity contribution in [2.75, 3.05) is 35.0 Å². The Labute approximate surface area is 343 Å². The molecule has 2 heterocycles. The molecule has 1 fully saturated rings. The number of aromatic nitrogens is 2. The maximum Gasteiger partial charge on any atom is 0.303 e. The van der Waals surface area contributed by atoms with Crippen molar-refractivity contribution in [3.63, 3.8) is 0 Å². The Bertz CT molecular complexity index is 2120. The van der Waals surface area contributed by atoms with Crippen molar-refractivity contribution in [3.8, 4) is 34.8 Å². The van der Waals surface area contributed by atoms with Crippen molar-refractivity contribution < 1.29 is 71.4 Å². The zero-order valence-corrected chi connectivity index (χ0v) is 36.4. The molecular weight excluding hydrogens is 789 g/mol. The maximum absolute atomic E-state index is 14.7. The molecule has 320 valence electrons. The molecule has 0 radical (unpaired) electrons. The van der Waals surface area contributed by atoms with Crippen LogP contribution in [-0.4, -0.2) is 112 Å². The summed E-state index contributed by atoms with van der Waals surface area (Å²) in [5.41, 5.74) is 0.410. The van der Waals surface area contributed by atoms with Crippen LogP contribution in [0.25, 0.3) is 10.9 Å². The number of carbonyl (C=O) groups is 5. The number of hydrogen-bond acceptors (Lipinski definition) is 16. The number of fused-ring (bicyclic) bond motifs is 1. The summed E-state index contributed by atoms with van der Waals surface area (Å²) in [5.74, 6) is 3.52. The lowest BCUT2D eigenvalue weighted by Gasteiger charge is -2.44. The molecule has 1 aliphatic rings. The van der Waals surface area contributed by atoms with Crippen LogP contribution in [0.2, 0.25) is 18.1 Å². The van der Waals surface area contributed by atoms with Crippen molar-refractivity contribution >= 4 is 48.9 Å². The van der Waals surface area contributed by atoms with Crippen LogP contribution in [0.5, 0.6) is 23.0 Å². The molecule has 18 heteroatoms. The number of benzene rings is 2. The zero-order chi connectivity index (χ0) is 44.0. The normalized spacial score (nSPS) is 19.1. The Kier molecular flexibility index (Phi) is 14.8. The summed E-state index contributed by atoms with van der Waals surface area (Å²) >= 11 is 0. The number of methoxy groups -OCH3 is 4. The second-order valence-corrected chi connectivity index (χ2v) is 19.4. The van der Waals surface area contributed by atoms with Gasteiger partial charge in [-0.3, -0.25) is 24.0 Å². The summed E-state index contributed by atoms with van der Waals surface area (Å²) in [6.07, 6.45) is -6.51. The highest BCUT2D eigenvalue weighted by Crippen LogP contribution is 2.43. The number of carbonyl (C=O) groups excluding carboxylic acids is 5. The van der Waals surface area contributed by atoms with Crippen LogP contribution >= 0.6 is 0 Å². The standard InChI is InChI=1S/C41H52N2O15Si/c1-22(44)54-21-32-37(55-23(2)45)38(56-24(3)46)39(57-25(4)47)40(58-32)43-34-27(15-13-14-18-41(5,6)59(11,12)49)29(50-7)17-16-28(34)33(42-43)35(48)26-19-30(51-8)36(53-10)31(20-26)52-9/h16-17,19-20,32,37-40,49H,14,18,21H2,1-12H3/t32?,37-,38?,39+,40-/m1/s1. The fourth-order valence-corrected chi connectivity index (χ4v) is 7.18. The summed E-state index contributed by atoms with van der Waals surface area (Å²) in [5, 5.41) is 4.67. The SMILES string of the molecule is COc1cc(C(=O)c2nn([C@@H]3OC(COC(C)=O)[C@@H](OC(C)=O)C(OC(C)=O)[C@@H]3OC(C)=O)c3c(C#CCCC(C)(C)[Si](C)(C)O)c(OC)ccc23)cc(OC)c1OC. The van der Waals surface area contributed by atoms with E-state index in [0.717, 1.165) is 27.7 Å². The average molecular weight is 841 g/mol. The highest BCUT2D eigenvalue weighted by Gasteiger charge is 2.54. The zero-order valence-electron chi connectivity index (χ0n) is 35.4. The van der Waals surface area contributed by atoms with E-state index in [0.29, 0.717) is 12.8 Å². The van der Waals surface area contributed by atoms with E-state index in [1.165, 1.54) is 45.3 Å². The number of rotatable bonds is 15. The molecule has 0 spiro atoms. The quantitative estimate of drug-likeness (QED) is 0.0726. The summed E-state index contributed by atoms with van der Waals surface area (Å²) in [6.45, 7) is 11.7. The molecule has 0 amide bonds. The summed E-state index contributed by atoms with van der Waals surface area (Å²) in [7, 11) is 3.10. The van der Waals surface area contributed by atoms with Gasteiger partial charge < -0.3 is 47.4 Å². The van der Waals surface area contributed by atoms with Gasteiger partial charge in [0, 0.05) is 45.1 Å². The minimum Gasteiger partial charge on any atom is -0.495 e. The van der Waals surface area contributed by atoms with E-state index < -0.39 is 75.2 Å². The fourth-order valence-electron chi connectivity index (χ4n) is 6.44. The van der Waals surface area contributed by atoms with E-state index in [9.17, 15) is 28.8 Å². The molecule has 3 aromatic rings. The highest BCUT2D eigenvalue weighted by molar-refractivity contribution is 6.72. The second-order valence-electron chi connectivity index (χ2n) is 14.9. The minimum absolute atomic E-state index is 0.0917. The van der Waals surface area contributed by atoms with Gasteiger partial charge in [-0.15, -0.1) is 0 Å². The third-order valence-electron chi connectivity index (χ3n) is 10.1. The first kappa shape index (κ1) is 46.1. The molecule has 17 nitrogen and oxygen atoms in total. The molecular formula is C41H52N2O15Si. The van der Waals surface area contributed by atoms with Crippen LogP contribution in [0.4, 0.5) is 0 Å². The van der Waals surface area contributed by atoms with E-state index >= 15 is 0 Å². The molecule has 0 aliphatic carbocycles.